The van der Waals surface area contributed by atoms with Gasteiger partial charge in [0, 0.05) is 17.9 Å². The van der Waals surface area contributed by atoms with Crippen LogP contribution in [0.25, 0.3) is 10.2 Å². The van der Waals surface area contributed by atoms with Gasteiger partial charge in [-0.2, -0.15) is 0 Å². The topological polar surface area (TPSA) is 90.1 Å². The van der Waals surface area contributed by atoms with E-state index in [-0.39, 0.29) is 11.7 Å². The predicted octanol–water partition coefficient (Wildman–Crippen LogP) is 4.86. The molecule has 0 saturated heterocycles. The van der Waals surface area contributed by atoms with Crippen molar-refractivity contribution in [3.8, 4) is 5.75 Å². The lowest BCUT2D eigenvalue weighted by molar-refractivity contribution is -0.113. The number of carbonyl (C=O) groups is 1. The summed E-state index contributed by atoms with van der Waals surface area (Å²) >= 11 is 8.82. The lowest BCUT2D eigenvalue weighted by Crippen LogP contribution is -2.14. The summed E-state index contributed by atoms with van der Waals surface area (Å²) in [5, 5.41) is 12.7. The number of ether oxygens (including phenoxy) is 1. The van der Waals surface area contributed by atoms with Crippen molar-refractivity contribution < 1.29 is 13.9 Å². The number of halogens is 1. The number of amides is 1. The third-order valence-electron chi connectivity index (χ3n) is 4.10. The van der Waals surface area contributed by atoms with Crippen molar-refractivity contribution in [1.82, 2.24) is 15.2 Å². The van der Waals surface area contributed by atoms with Gasteiger partial charge in [-0.15, -0.1) is 21.5 Å². The van der Waals surface area contributed by atoms with E-state index in [4.69, 9.17) is 20.8 Å². The Morgan fingerprint density at radius 2 is 2.10 bits per heavy atom. The summed E-state index contributed by atoms with van der Waals surface area (Å²) in [6.07, 6.45) is 1.32. The molecule has 1 N–H and O–H groups in total. The van der Waals surface area contributed by atoms with Gasteiger partial charge in [0.2, 0.25) is 11.8 Å². The molecule has 2 aromatic heterocycles. The minimum atomic E-state index is -0.227. The number of rotatable bonds is 8. The van der Waals surface area contributed by atoms with Gasteiger partial charge in [-0.3, -0.25) is 4.79 Å². The van der Waals surface area contributed by atoms with Crippen LogP contribution in [0.3, 0.4) is 0 Å². The van der Waals surface area contributed by atoms with E-state index in [0.29, 0.717) is 34.0 Å². The smallest absolute Gasteiger partial charge is 0.277 e. The number of thioether (sulfide) groups is 1. The molecule has 4 aromatic rings. The number of nitrogens with zero attached hydrogens (tertiary/aromatic N) is 3. The molecular formula is C20H17ClN4O3S2. The summed E-state index contributed by atoms with van der Waals surface area (Å²) in [5.41, 5.74) is 1.51. The number of benzene rings is 2. The molecule has 0 atom stereocenters. The standard InChI is InChI=1S/C20H17ClN4O3S2/c1-27-15-7-6-12(21)10-14(15)22-17(26)11-29-20-25-24-18(28-20)8-9-19-23-13-4-2-3-5-16(13)30-19/h2-7,10H,8-9,11H2,1H3,(H,22,26). The van der Waals surface area contributed by atoms with Gasteiger partial charge in [-0.1, -0.05) is 35.5 Å². The van der Waals surface area contributed by atoms with E-state index in [1.54, 1.807) is 29.5 Å². The lowest BCUT2D eigenvalue weighted by atomic mass is 10.3. The number of anilines is 1. The van der Waals surface area contributed by atoms with E-state index in [9.17, 15) is 4.79 Å². The average molecular weight is 461 g/mol. The minimum Gasteiger partial charge on any atom is -0.495 e. The molecule has 0 saturated carbocycles. The maximum absolute atomic E-state index is 12.2. The van der Waals surface area contributed by atoms with Crippen LogP contribution in [0.15, 0.2) is 52.1 Å². The van der Waals surface area contributed by atoms with E-state index in [1.165, 1.54) is 18.9 Å². The van der Waals surface area contributed by atoms with Crippen molar-refractivity contribution in [2.24, 2.45) is 0 Å². The zero-order chi connectivity index (χ0) is 20.9. The first-order chi connectivity index (χ1) is 14.6. The third-order valence-corrected chi connectivity index (χ3v) is 6.25. The highest BCUT2D eigenvalue weighted by Crippen LogP contribution is 2.28. The number of para-hydroxylation sites is 1. The summed E-state index contributed by atoms with van der Waals surface area (Å²) in [5.74, 6) is 0.950. The first-order valence-corrected chi connectivity index (χ1v) is 11.2. The fourth-order valence-corrected chi connectivity index (χ4v) is 4.45. The number of aromatic nitrogens is 3. The van der Waals surface area contributed by atoms with Crippen molar-refractivity contribution in [2.75, 3.05) is 18.2 Å². The molecule has 0 radical (unpaired) electrons. The van der Waals surface area contributed by atoms with E-state index < -0.39 is 0 Å². The van der Waals surface area contributed by atoms with Crippen LogP contribution < -0.4 is 10.1 Å². The molecule has 0 aliphatic heterocycles. The van der Waals surface area contributed by atoms with Gasteiger partial charge in [-0.25, -0.2) is 4.98 Å². The van der Waals surface area contributed by atoms with E-state index in [2.05, 4.69) is 26.6 Å². The normalized spacial score (nSPS) is 11.0. The molecule has 0 aliphatic rings. The molecule has 0 aliphatic carbocycles. The monoisotopic (exact) mass is 460 g/mol. The average Bonchev–Trinajstić information content (AvgIpc) is 3.37. The molecule has 2 heterocycles. The molecule has 0 spiro atoms. The number of thiazole rings is 1. The van der Waals surface area contributed by atoms with Gasteiger partial charge in [0.1, 0.15) is 5.75 Å². The van der Waals surface area contributed by atoms with E-state index >= 15 is 0 Å². The molecule has 0 unspecified atom stereocenters. The Bertz CT molecular complexity index is 1140. The van der Waals surface area contributed by atoms with Crippen molar-refractivity contribution in [3.63, 3.8) is 0 Å². The van der Waals surface area contributed by atoms with Crippen LogP contribution in [-0.4, -0.2) is 34.0 Å². The van der Waals surface area contributed by atoms with Crippen LogP contribution in [0.2, 0.25) is 5.02 Å². The predicted molar refractivity (Wildman–Crippen MR) is 119 cm³/mol. The van der Waals surface area contributed by atoms with Crippen molar-refractivity contribution in [2.45, 2.75) is 18.1 Å². The number of hydrogen-bond donors (Lipinski definition) is 1. The van der Waals surface area contributed by atoms with Crippen LogP contribution in [0.1, 0.15) is 10.9 Å². The summed E-state index contributed by atoms with van der Waals surface area (Å²) in [6, 6.07) is 13.1. The molecule has 30 heavy (non-hydrogen) atoms. The first-order valence-electron chi connectivity index (χ1n) is 9.04. The molecule has 10 heteroatoms. The van der Waals surface area contributed by atoms with Gasteiger partial charge in [-0.05, 0) is 30.3 Å². The summed E-state index contributed by atoms with van der Waals surface area (Å²) < 4.78 is 12.0. The molecule has 154 valence electrons. The zero-order valence-electron chi connectivity index (χ0n) is 15.9. The second kappa shape index (κ2) is 9.46. The summed E-state index contributed by atoms with van der Waals surface area (Å²) in [6.45, 7) is 0. The van der Waals surface area contributed by atoms with Crippen molar-refractivity contribution in [1.29, 1.82) is 0 Å². The Labute approximate surface area is 185 Å². The highest BCUT2D eigenvalue weighted by atomic mass is 35.5. The van der Waals surface area contributed by atoms with Crippen molar-refractivity contribution >= 4 is 56.5 Å². The Hall–Kier alpha value is -2.62. The first kappa shape index (κ1) is 20.6. The Morgan fingerprint density at radius 1 is 1.23 bits per heavy atom. The van der Waals surface area contributed by atoms with Crippen LogP contribution in [0, 0.1) is 0 Å². The third kappa shape index (κ3) is 5.10. The Balaban J connectivity index is 1.29. The second-order valence-corrected chi connectivity index (χ2v) is 8.70. The number of carbonyl (C=O) groups excluding carboxylic acids is 1. The summed E-state index contributed by atoms with van der Waals surface area (Å²) in [7, 11) is 1.53. The molecule has 7 nitrogen and oxygen atoms in total. The van der Waals surface area contributed by atoms with Crippen molar-refractivity contribution in [3.05, 3.63) is 58.4 Å². The van der Waals surface area contributed by atoms with E-state index in [1.807, 2.05) is 18.2 Å². The Kier molecular flexibility index (Phi) is 6.51. The molecule has 0 bridgehead atoms. The largest absolute Gasteiger partial charge is 0.495 e. The molecule has 1 amide bonds. The minimum absolute atomic E-state index is 0.120. The van der Waals surface area contributed by atoms with Gasteiger partial charge in [0.25, 0.3) is 5.22 Å². The lowest BCUT2D eigenvalue weighted by Gasteiger charge is -2.09. The number of fused-ring (bicyclic) bond motifs is 1. The zero-order valence-corrected chi connectivity index (χ0v) is 18.3. The van der Waals surface area contributed by atoms with E-state index in [0.717, 1.165) is 21.6 Å². The maximum atomic E-state index is 12.2. The second-order valence-electron chi connectivity index (χ2n) is 6.22. The summed E-state index contributed by atoms with van der Waals surface area (Å²) in [4.78, 5) is 16.8. The number of nitrogens with one attached hydrogen (secondary N) is 1. The van der Waals surface area contributed by atoms with Crippen LogP contribution in [0.4, 0.5) is 5.69 Å². The quantitative estimate of drug-likeness (QED) is 0.375. The molecule has 4 rings (SSSR count). The Morgan fingerprint density at radius 3 is 2.93 bits per heavy atom. The van der Waals surface area contributed by atoms with Crippen LogP contribution in [0.5, 0.6) is 5.75 Å². The highest BCUT2D eigenvalue weighted by Gasteiger charge is 2.13. The van der Waals surface area contributed by atoms with Crippen LogP contribution in [-0.2, 0) is 17.6 Å². The van der Waals surface area contributed by atoms with Crippen LogP contribution >= 0.6 is 34.7 Å². The number of methoxy groups -OCH3 is 1. The highest BCUT2D eigenvalue weighted by molar-refractivity contribution is 7.99. The van der Waals surface area contributed by atoms with Gasteiger partial charge in [0.05, 0.1) is 33.8 Å². The fraction of sp³-hybridized carbons (Fsp3) is 0.200. The SMILES string of the molecule is COc1ccc(Cl)cc1NC(=O)CSc1nnc(CCc2nc3ccccc3s2)o1. The maximum Gasteiger partial charge on any atom is 0.277 e. The van der Waals surface area contributed by atoms with Gasteiger partial charge < -0.3 is 14.5 Å². The molecule has 0 fully saturated rings. The number of aryl methyl sites for hydroxylation is 2. The fourth-order valence-electron chi connectivity index (χ4n) is 2.73. The molecule has 2 aromatic carbocycles. The van der Waals surface area contributed by atoms with Gasteiger partial charge >= 0.3 is 0 Å². The molecular weight excluding hydrogens is 444 g/mol. The number of hydrogen-bond acceptors (Lipinski definition) is 8. The van der Waals surface area contributed by atoms with Gasteiger partial charge in [0.15, 0.2) is 0 Å².